The SMILES string of the molecule is Clc1ccc(CNCCN2CCCOCC2)s1. The van der Waals surface area contributed by atoms with Crippen LogP contribution in [0.1, 0.15) is 11.3 Å². The Bertz CT molecular complexity index is 324. The molecule has 0 aliphatic carbocycles. The molecule has 0 atom stereocenters. The third-order valence-corrected chi connectivity index (χ3v) is 4.08. The van der Waals surface area contributed by atoms with E-state index in [0.717, 1.165) is 56.7 Å². The summed E-state index contributed by atoms with van der Waals surface area (Å²) in [5.41, 5.74) is 0. The minimum atomic E-state index is 0.867. The number of ether oxygens (including phenoxy) is 1. The first-order valence-electron chi connectivity index (χ1n) is 6.09. The van der Waals surface area contributed by atoms with E-state index in [1.165, 1.54) is 4.88 Å². The number of thiophene rings is 1. The summed E-state index contributed by atoms with van der Waals surface area (Å²) in [6.45, 7) is 7.05. The molecule has 0 saturated carbocycles. The van der Waals surface area contributed by atoms with Crippen molar-refractivity contribution < 1.29 is 4.74 Å². The van der Waals surface area contributed by atoms with Crippen molar-refractivity contribution in [2.24, 2.45) is 0 Å². The predicted molar refractivity (Wildman–Crippen MR) is 72.9 cm³/mol. The second-order valence-electron chi connectivity index (χ2n) is 4.19. The quantitative estimate of drug-likeness (QED) is 0.834. The topological polar surface area (TPSA) is 24.5 Å². The van der Waals surface area contributed by atoms with E-state index in [4.69, 9.17) is 16.3 Å². The van der Waals surface area contributed by atoms with E-state index in [9.17, 15) is 0 Å². The molecule has 1 aromatic rings. The molecule has 1 aliphatic rings. The van der Waals surface area contributed by atoms with Crippen LogP contribution in [0, 0.1) is 0 Å². The van der Waals surface area contributed by atoms with Crippen LogP contribution in [0.25, 0.3) is 0 Å². The lowest BCUT2D eigenvalue weighted by molar-refractivity contribution is 0.141. The van der Waals surface area contributed by atoms with Gasteiger partial charge in [-0.1, -0.05) is 11.6 Å². The van der Waals surface area contributed by atoms with Crippen LogP contribution in [0.4, 0.5) is 0 Å². The average molecular weight is 275 g/mol. The Kier molecular flexibility index (Phi) is 5.74. The summed E-state index contributed by atoms with van der Waals surface area (Å²) < 4.78 is 6.30. The molecular formula is C12H19ClN2OS. The smallest absolute Gasteiger partial charge is 0.0931 e. The second kappa shape index (κ2) is 7.34. The summed E-state index contributed by atoms with van der Waals surface area (Å²) in [6.07, 6.45) is 1.15. The largest absolute Gasteiger partial charge is 0.380 e. The van der Waals surface area contributed by atoms with Gasteiger partial charge in [0.05, 0.1) is 10.9 Å². The summed E-state index contributed by atoms with van der Waals surface area (Å²) in [4.78, 5) is 3.76. The fourth-order valence-electron chi connectivity index (χ4n) is 1.92. The highest BCUT2D eigenvalue weighted by molar-refractivity contribution is 7.16. The van der Waals surface area contributed by atoms with Crippen LogP contribution in [0.2, 0.25) is 4.34 Å². The third kappa shape index (κ3) is 4.94. The van der Waals surface area contributed by atoms with Crippen LogP contribution >= 0.6 is 22.9 Å². The monoisotopic (exact) mass is 274 g/mol. The summed E-state index contributed by atoms with van der Waals surface area (Å²) in [6, 6.07) is 4.04. The Morgan fingerprint density at radius 3 is 3.12 bits per heavy atom. The van der Waals surface area contributed by atoms with Crippen molar-refractivity contribution in [3.8, 4) is 0 Å². The van der Waals surface area contributed by atoms with E-state index in [0.29, 0.717) is 0 Å². The van der Waals surface area contributed by atoms with Crippen molar-refractivity contribution >= 4 is 22.9 Å². The van der Waals surface area contributed by atoms with Gasteiger partial charge in [0.15, 0.2) is 0 Å². The molecule has 2 heterocycles. The van der Waals surface area contributed by atoms with E-state index < -0.39 is 0 Å². The van der Waals surface area contributed by atoms with Crippen LogP contribution in [0.15, 0.2) is 12.1 Å². The van der Waals surface area contributed by atoms with Crippen LogP contribution in [-0.2, 0) is 11.3 Å². The van der Waals surface area contributed by atoms with Gasteiger partial charge in [-0.3, -0.25) is 4.90 Å². The highest BCUT2D eigenvalue weighted by Gasteiger charge is 2.08. The maximum Gasteiger partial charge on any atom is 0.0931 e. The van der Waals surface area contributed by atoms with Crippen LogP contribution in [0.5, 0.6) is 0 Å². The Labute approximate surface area is 112 Å². The predicted octanol–water partition coefficient (Wildman–Crippen LogP) is 2.21. The molecule has 17 heavy (non-hydrogen) atoms. The molecule has 0 unspecified atom stereocenters. The zero-order chi connectivity index (χ0) is 11.9. The van der Waals surface area contributed by atoms with E-state index >= 15 is 0 Å². The minimum Gasteiger partial charge on any atom is -0.380 e. The molecule has 0 radical (unpaired) electrons. The average Bonchev–Trinajstić information content (AvgIpc) is 2.59. The Morgan fingerprint density at radius 2 is 2.29 bits per heavy atom. The van der Waals surface area contributed by atoms with Gasteiger partial charge in [-0.25, -0.2) is 0 Å². The molecule has 1 aliphatic heterocycles. The molecule has 96 valence electrons. The first-order valence-corrected chi connectivity index (χ1v) is 7.29. The Hall–Kier alpha value is -0.130. The molecule has 1 aromatic heterocycles. The van der Waals surface area contributed by atoms with E-state index in [-0.39, 0.29) is 0 Å². The Morgan fingerprint density at radius 1 is 1.35 bits per heavy atom. The molecule has 1 saturated heterocycles. The fourth-order valence-corrected chi connectivity index (χ4v) is 2.97. The van der Waals surface area contributed by atoms with E-state index in [1.807, 2.05) is 6.07 Å². The highest BCUT2D eigenvalue weighted by Crippen LogP contribution is 2.20. The molecule has 2 rings (SSSR count). The van der Waals surface area contributed by atoms with Crippen molar-refractivity contribution in [2.45, 2.75) is 13.0 Å². The molecule has 3 nitrogen and oxygen atoms in total. The van der Waals surface area contributed by atoms with Gasteiger partial charge in [-0.15, -0.1) is 11.3 Å². The number of hydrogen-bond acceptors (Lipinski definition) is 4. The molecule has 0 bridgehead atoms. The van der Waals surface area contributed by atoms with Gasteiger partial charge < -0.3 is 10.1 Å². The van der Waals surface area contributed by atoms with Crippen LogP contribution < -0.4 is 5.32 Å². The Balaban J connectivity index is 1.59. The van der Waals surface area contributed by atoms with Crippen molar-refractivity contribution in [1.29, 1.82) is 0 Å². The maximum absolute atomic E-state index is 5.88. The molecule has 1 N–H and O–H groups in total. The third-order valence-electron chi connectivity index (χ3n) is 2.85. The van der Waals surface area contributed by atoms with Crippen molar-refractivity contribution in [3.05, 3.63) is 21.3 Å². The van der Waals surface area contributed by atoms with Gasteiger partial charge in [0.2, 0.25) is 0 Å². The lowest BCUT2D eigenvalue weighted by Crippen LogP contribution is -2.33. The number of nitrogens with one attached hydrogen (secondary N) is 1. The second-order valence-corrected chi connectivity index (χ2v) is 5.99. The summed E-state index contributed by atoms with van der Waals surface area (Å²) in [5, 5.41) is 3.45. The number of halogens is 1. The van der Waals surface area contributed by atoms with Crippen LogP contribution in [0.3, 0.4) is 0 Å². The molecular weight excluding hydrogens is 256 g/mol. The standard InChI is InChI=1S/C12H19ClN2OS/c13-12-3-2-11(17-12)10-14-4-6-15-5-1-8-16-9-7-15/h2-3,14H,1,4-10H2. The van der Waals surface area contributed by atoms with E-state index in [2.05, 4.69) is 16.3 Å². The van der Waals surface area contributed by atoms with E-state index in [1.54, 1.807) is 11.3 Å². The zero-order valence-electron chi connectivity index (χ0n) is 9.95. The first-order chi connectivity index (χ1) is 8.34. The van der Waals surface area contributed by atoms with Gasteiger partial charge in [0.25, 0.3) is 0 Å². The molecule has 1 fully saturated rings. The fraction of sp³-hybridized carbons (Fsp3) is 0.667. The van der Waals surface area contributed by atoms with Gasteiger partial charge in [-0.2, -0.15) is 0 Å². The van der Waals surface area contributed by atoms with Crippen molar-refractivity contribution in [3.63, 3.8) is 0 Å². The minimum absolute atomic E-state index is 0.867. The normalized spacial score (nSPS) is 18.2. The van der Waals surface area contributed by atoms with Crippen molar-refractivity contribution in [1.82, 2.24) is 10.2 Å². The van der Waals surface area contributed by atoms with Gasteiger partial charge in [-0.05, 0) is 18.6 Å². The number of rotatable bonds is 5. The highest BCUT2D eigenvalue weighted by atomic mass is 35.5. The summed E-state index contributed by atoms with van der Waals surface area (Å²) in [7, 11) is 0. The molecule has 0 spiro atoms. The number of nitrogens with zero attached hydrogens (tertiary/aromatic N) is 1. The summed E-state index contributed by atoms with van der Waals surface area (Å²) in [5.74, 6) is 0. The molecule has 0 aromatic carbocycles. The van der Waals surface area contributed by atoms with Crippen LogP contribution in [-0.4, -0.2) is 44.3 Å². The first kappa shape index (κ1) is 13.3. The van der Waals surface area contributed by atoms with Gasteiger partial charge >= 0.3 is 0 Å². The lowest BCUT2D eigenvalue weighted by Gasteiger charge is -2.18. The zero-order valence-corrected chi connectivity index (χ0v) is 11.5. The molecule has 5 heteroatoms. The lowest BCUT2D eigenvalue weighted by atomic mass is 10.4. The molecule has 0 amide bonds. The summed E-state index contributed by atoms with van der Waals surface area (Å²) >= 11 is 7.53. The van der Waals surface area contributed by atoms with Gasteiger partial charge in [0, 0.05) is 44.2 Å². The van der Waals surface area contributed by atoms with Gasteiger partial charge in [0.1, 0.15) is 0 Å². The number of hydrogen-bond donors (Lipinski definition) is 1. The van der Waals surface area contributed by atoms with Crippen molar-refractivity contribution in [2.75, 3.05) is 39.4 Å². The maximum atomic E-state index is 5.88.